The summed E-state index contributed by atoms with van der Waals surface area (Å²) in [5.74, 6) is 0.348. The normalized spacial score (nSPS) is 10.3. The van der Waals surface area contributed by atoms with Gasteiger partial charge < -0.3 is 5.32 Å². The molecule has 88 valence electrons. The summed E-state index contributed by atoms with van der Waals surface area (Å²) in [7, 11) is 0. The van der Waals surface area contributed by atoms with Crippen molar-refractivity contribution in [1.82, 2.24) is 9.97 Å². The number of hydrogen-bond acceptors (Lipinski definition) is 3. The molecule has 3 nitrogen and oxygen atoms in total. The van der Waals surface area contributed by atoms with Gasteiger partial charge in [0.05, 0.1) is 12.2 Å². The molecule has 1 N–H and O–H groups in total. The van der Waals surface area contributed by atoms with Crippen molar-refractivity contribution in [3.63, 3.8) is 0 Å². The van der Waals surface area contributed by atoms with Gasteiger partial charge in [0.1, 0.15) is 11.6 Å². The summed E-state index contributed by atoms with van der Waals surface area (Å²) in [6, 6.07) is 6.13. The Kier molecular flexibility index (Phi) is 3.54. The van der Waals surface area contributed by atoms with E-state index in [1.165, 1.54) is 12.1 Å². The first-order valence-corrected chi connectivity index (χ1v) is 5.50. The van der Waals surface area contributed by atoms with Gasteiger partial charge in [0.2, 0.25) is 0 Å². The van der Waals surface area contributed by atoms with Crippen molar-refractivity contribution in [1.29, 1.82) is 0 Å². The molecule has 1 aromatic carbocycles. The molecular weight excluding hydrogens is 241 g/mol. The second-order valence-electron chi connectivity index (χ2n) is 3.61. The van der Waals surface area contributed by atoms with Crippen LogP contribution in [0.15, 0.2) is 30.5 Å². The lowest BCUT2D eigenvalue weighted by Gasteiger charge is -2.06. The van der Waals surface area contributed by atoms with Gasteiger partial charge in [-0.1, -0.05) is 11.6 Å². The lowest BCUT2D eigenvalue weighted by molar-refractivity contribution is 0.628. The zero-order valence-corrected chi connectivity index (χ0v) is 10.0. The fourth-order valence-corrected chi connectivity index (χ4v) is 1.67. The van der Waals surface area contributed by atoms with E-state index in [2.05, 4.69) is 15.3 Å². The molecule has 0 unspecified atom stereocenters. The molecular formula is C12H11ClFN3. The van der Waals surface area contributed by atoms with E-state index < -0.39 is 0 Å². The fourth-order valence-electron chi connectivity index (χ4n) is 1.45. The van der Waals surface area contributed by atoms with Gasteiger partial charge in [-0.25, -0.2) is 14.4 Å². The molecule has 0 aliphatic heterocycles. The highest BCUT2D eigenvalue weighted by Gasteiger charge is 2.00. The Morgan fingerprint density at radius 3 is 2.88 bits per heavy atom. The molecule has 0 bridgehead atoms. The van der Waals surface area contributed by atoms with Gasteiger partial charge in [-0.2, -0.15) is 0 Å². The topological polar surface area (TPSA) is 37.8 Å². The maximum absolute atomic E-state index is 13.1. The molecule has 1 aromatic heterocycles. The standard InChI is InChI=1S/C12H11ClFN3/c1-8-15-3-2-11(17-8)7-16-12-5-9(13)4-10(14)6-12/h2-6,16H,7H2,1H3. The third-order valence-electron chi connectivity index (χ3n) is 2.17. The Bertz CT molecular complexity index is 511. The highest BCUT2D eigenvalue weighted by molar-refractivity contribution is 6.30. The number of halogens is 2. The molecule has 2 aromatic rings. The molecule has 17 heavy (non-hydrogen) atoms. The Balaban J connectivity index is 2.07. The first-order valence-electron chi connectivity index (χ1n) is 5.12. The van der Waals surface area contributed by atoms with Crippen molar-refractivity contribution in [2.75, 3.05) is 5.32 Å². The number of hydrogen-bond donors (Lipinski definition) is 1. The molecule has 0 fully saturated rings. The van der Waals surface area contributed by atoms with Crippen LogP contribution < -0.4 is 5.32 Å². The van der Waals surface area contributed by atoms with E-state index in [1.54, 1.807) is 18.3 Å². The number of anilines is 1. The van der Waals surface area contributed by atoms with Gasteiger partial charge in [-0.15, -0.1) is 0 Å². The highest BCUT2D eigenvalue weighted by atomic mass is 35.5. The average molecular weight is 252 g/mol. The Labute approximate surface area is 104 Å². The number of nitrogens with zero attached hydrogens (tertiary/aromatic N) is 2. The van der Waals surface area contributed by atoms with Crippen LogP contribution in [0.3, 0.4) is 0 Å². The maximum Gasteiger partial charge on any atom is 0.126 e. The third-order valence-corrected chi connectivity index (χ3v) is 2.39. The minimum Gasteiger partial charge on any atom is -0.379 e. The van der Waals surface area contributed by atoms with Crippen LogP contribution in [0.2, 0.25) is 5.02 Å². The zero-order valence-electron chi connectivity index (χ0n) is 9.24. The van der Waals surface area contributed by atoms with E-state index in [-0.39, 0.29) is 5.82 Å². The molecule has 1 heterocycles. The van der Waals surface area contributed by atoms with Gasteiger partial charge in [-0.3, -0.25) is 0 Å². The molecule has 0 aliphatic rings. The van der Waals surface area contributed by atoms with Crippen LogP contribution >= 0.6 is 11.6 Å². The van der Waals surface area contributed by atoms with Crippen LogP contribution in [-0.4, -0.2) is 9.97 Å². The minimum absolute atomic E-state index is 0.362. The smallest absolute Gasteiger partial charge is 0.126 e. The average Bonchev–Trinajstić information content (AvgIpc) is 2.25. The lowest BCUT2D eigenvalue weighted by atomic mass is 10.3. The van der Waals surface area contributed by atoms with E-state index in [0.29, 0.717) is 23.1 Å². The predicted molar refractivity (Wildman–Crippen MR) is 65.5 cm³/mol. The van der Waals surface area contributed by atoms with Crippen molar-refractivity contribution in [2.45, 2.75) is 13.5 Å². The monoisotopic (exact) mass is 251 g/mol. The summed E-state index contributed by atoms with van der Waals surface area (Å²) < 4.78 is 13.1. The molecule has 0 radical (unpaired) electrons. The van der Waals surface area contributed by atoms with Crippen LogP contribution in [-0.2, 0) is 6.54 Å². The summed E-state index contributed by atoms with van der Waals surface area (Å²) in [6.07, 6.45) is 1.69. The molecule has 0 saturated carbocycles. The Morgan fingerprint density at radius 2 is 2.18 bits per heavy atom. The SMILES string of the molecule is Cc1nccc(CNc2cc(F)cc(Cl)c2)n1. The zero-order chi connectivity index (χ0) is 12.3. The quantitative estimate of drug-likeness (QED) is 0.910. The van der Waals surface area contributed by atoms with Crippen molar-refractivity contribution in [2.24, 2.45) is 0 Å². The third kappa shape index (κ3) is 3.39. The van der Waals surface area contributed by atoms with Gasteiger partial charge in [0, 0.05) is 16.9 Å². The summed E-state index contributed by atoms with van der Waals surface area (Å²) >= 11 is 5.75. The summed E-state index contributed by atoms with van der Waals surface area (Å²) in [4.78, 5) is 8.24. The summed E-state index contributed by atoms with van der Waals surface area (Å²) in [5, 5.41) is 3.42. The van der Waals surface area contributed by atoms with E-state index in [9.17, 15) is 4.39 Å². The van der Waals surface area contributed by atoms with Crippen LogP contribution in [0.4, 0.5) is 10.1 Å². The Morgan fingerprint density at radius 1 is 1.35 bits per heavy atom. The minimum atomic E-state index is -0.362. The molecule has 0 atom stereocenters. The van der Waals surface area contributed by atoms with Crippen LogP contribution in [0, 0.1) is 12.7 Å². The van der Waals surface area contributed by atoms with E-state index >= 15 is 0 Å². The van der Waals surface area contributed by atoms with Crippen molar-refractivity contribution < 1.29 is 4.39 Å². The number of aryl methyl sites for hydroxylation is 1. The fraction of sp³-hybridized carbons (Fsp3) is 0.167. The van der Waals surface area contributed by atoms with E-state index in [0.717, 1.165) is 5.69 Å². The van der Waals surface area contributed by atoms with Gasteiger partial charge >= 0.3 is 0 Å². The van der Waals surface area contributed by atoms with Crippen molar-refractivity contribution in [3.8, 4) is 0 Å². The molecule has 0 saturated heterocycles. The highest BCUT2D eigenvalue weighted by Crippen LogP contribution is 2.18. The summed E-state index contributed by atoms with van der Waals surface area (Å²) in [5.41, 5.74) is 1.48. The Hall–Kier alpha value is -1.68. The van der Waals surface area contributed by atoms with Crippen LogP contribution in [0.5, 0.6) is 0 Å². The molecule has 0 aliphatic carbocycles. The van der Waals surface area contributed by atoms with Gasteiger partial charge in [0.25, 0.3) is 0 Å². The van der Waals surface area contributed by atoms with Crippen LogP contribution in [0.25, 0.3) is 0 Å². The predicted octanol–water partition coefficient (Wildman–Crippen LogP) is 3.19. The molecule has 2 rings (SSSR count). The maximum atomic E-state index is 13.1. The molecule has 0 spiro atoms. The number of aromatic nitrogens is 2. The lowest BCUT2D eigenvalue weighted by Crippen LogP contribution is -2.03. The molecule has 5 heteroatoms. The second-order valence-corrected chi connectivity index (χ2v) is 4.04. The van der Waals surface area contributed by atoms with Crippen molar-refractivity contribution in [3.05, 3.63) is 52.8 Å². The largest absolute Gasteiger partial charge is 0.379 e. The van der Waals surface area contributed by atoms with Crippen LogP contribution in [0.1, 0.15) is 11.5 Å². The van der Waals surface area contributed by atoms with Crippen molar-refractivity contribution >= 4 is 17.3 Å². The second kappa shape index (κ2) is 5.10. The number of benzene rings is 1. The van der Waals surface area contributed by atoms with E-state index in [4.69, 9.17) is 11.6 Å². The first-order chi connectivity index (χ1) is 8.13. The number of nitrogens with one attached hydrogen (secondary N) is 1. The van der Waals surface area contributed by atoms with Gasteiger partial charge in [-0.05, 0) is 31.2 Å². The molecule has 0 amide bonds. The first kappa shape index (κ1) is 11.8. The number of rotatable bonds is 3. The van der Waals surface area contributed by atoms with E-state index in [1.807, 2.05) is 6.92 Å². The van der Waals surface area contributed by atoms with Gasteiger partial charge in [0.15, 0.2) is 0 Å². The summed E-state index contributed by atoms with van der Waals surface area (Å²) in [6.45, 7) is 2.33.